The van der Waals surface area contributed by atoms with Gasteiger partial charge < -0.3 is 16.5 Å². The monoisotopic (exact) mass is 400 g/mol. The number of rotatable bonds is 10. The SMILES string of the molecule is CC(CC(=N)CC(=O)c1ccccc1)NCCc1ccc(-c2cccc(N)n2)cc1. The maximum atomic E-state index is 12.2. The molecular weight excluding hydrogens is 372 g/mol. The van der Waals surface area contributed by atoms with E-state index in [9.17, 15) is 4.79 Å². The van der Waals surface area contributed by atoms with Crippen LogP contribution in [0.5, 0.6) is 0 Å². The van der Waals surface area contributed by atoms with E-state index in [0.29, 0.717) is 23.5 Å². The molecule has 0 fully saturated rings. The minimum atomic E-state index is 0.00236. The van der Waals surface area contributed by atoms with Crippen molar-refractivity contribution >= 4 is 17.3 Å². The molecule has 1 unspecified atom stereocenters. The van der Waals surface area contributed by atoms with Crippen molar-refractivity contribution in [3.63, 3.8) is 0 Å². The number of carbonyl (C=O) groups is 1. The summed E-state index contributed by atoms with van der Waals surface area (Å²) in [5, 5.41) is 11.6. The van der Waals surface area contributed by atoms with Crippen LogP contribution < -0.4 is 11.1 Å². The summed E-state index contributed by atoms with van der Waals surface area (Å²) in [5.74, 6) is 0.522. The van der Waals surface area contributed by atoms with E-state index in [-0.39, 0.29) is 18.2 Å². The van der Waals surface area contributed by atoms with Crippen LogP contribution in [0.25, 0.3) is 11.3 Å². The van der Waals surface area contributed by atoms with Gasteiger partial charge in [-0.1, -0.05) is 60.7 Å². The van der Waals surface area contributed by atoms with Crippen molar-refractivity contribution in [1.29, 1.82) is 5.41 Å². The zero-order valence-corrected chi connectivity index (χ0v) is 17.3. The molecule has 0 bridgehead atoms. The van der Waals surface area contributed by atoms with Gasteiger partial charge in [-0.05, 0) is 37.6 Å². The van der Waals surface area contributed by atoms with Crippen LogP contribution in [0, 0.1) is 5.41 Å². The van der Waals surface area contributed by atoms with Crippen molar-refractivity contribution in [2.45, 2.75) is 32.2 Å². The summed E-state index contributed by atoms with van der Waals surface area (Å²) in [6.07, 6.45) is 1.64. The van der Waals surface area contributed by atoms with Gasteiger partial charge in [0.05, 0.1) is 5.69 Å². The topological polar surface area (TPSA) is 91.9 Å². The molecule has 3 rings (SSSR count). The van der Waals surface area contributed by atoms with Gasteiger partial charge in [-0.15, -0.1) is 0 Å². The second-order valence-electron chi connectivity index (χ2n) is 7.52. The number of Topliss-reactive ketones (excluding diaryl/α,β-unsaturated/α-hetero) is 1. The summed E-state index contributed by atoms with van der Waals surface area (Å²) < 4.78 is 0. The van der Waals surface area contributed by atoms with E-state index in [1.54, 1.807) is 18.2 Å². The van der Waals surface area contributed by atoms with E-state index < -0.39 is 0 Å². The lowest BCUT2D eigenvalue weighted by molar-refractivity contribution is 0.1000. The van der Waals surface area contributed by atoms with Crippen molar-refractivity contribution in [2.24, 2.45) is 0 Å². The Morgan fingerprint density at radius 1 is 1.03 bits per heavy atom. The van der Waals surface area contributed by atoms with Crippen LogP contribution in [-0.2, 0) is 6.42 Å². The number of nitrogens with two attached hydrogens (primary N) is 1. The predicted molar refractivity (Wildman–Crippen MR) is 123 cm³/mol. The maximum absolute atomic E-state index is 12.2. The summed E-state index contributed by atoms with van der Waals surface area (Å²) in [7, 11) is 0. The summed E-state index contributed by atoms with van der Waals surface area (Å²) in [5.41, 5.74) is 10.0. The molecule has 30 heavy (non-hydrogen) atoms. The van der Waals surface area contributed by atoms with Crippen molar-refractivity contribution in [1.82, 2.24) is 10.3 Å². The Labute approximate surface area is 177 Å². The van der Waals surface area contributed by atoms with Gasteiger partial charge in [0, 0.05) is 35.7 Å². The molecule has 0 radical (unpaired) electrons. The Kier molecular flexibility index (Phi) is 7.46. The molecule has 5 nitrogen and oxygen atoms in total. The number of hydrogen-bond donors (Lipinski definition) is 3. The summed E-state index contributed by atoms with van der Waals surface area (Å²) >= 11 is 0. The molecule has 0 amide bonds. The second-order valence-corrected chi connectivity index (χ2v) is 7.52. The molecule has 0 aliphatic heterocycles. The van der Waals surface area contributed by atoms with E-state index in [2.05, 4.69) is 41.5 Å². The zero-order chi connectivity index (χ0) is 21.3. The molecule has 1 heterocycles. The highest BCUT2D eigenvalue weighted by Crippen LogP contribution is 2.18. The van der Waals surface area contributed by atoms with Crippen LogP contribution in [-0.4, -0.2) is 29.1 Å². The third-order valence-electron chi connectivity index (χ3n) is 4.95. The van der Waals surface area contributed by atoms with Crippen LogP contribution >= 0.6 is 0 Å². The number of hydrogen-bond acceptors (Lipinski definition) is 5. The highest BCUT2D eigenvalue weighted by Gasteiger charge is 2.11. The highest BCUT2D eigenvalue weighted by molar-refractivity contribution is 6.08. The van der Waals surface area contributed by atoms with Crippen molar-refractivity contribution in [3.05, 3.63) is 83.9 Å². The Hall–Kier alpha value is -3.31. The predicted octanol–water partition coefficient (Wildman–Crippen LogP) is 4.53. The zero-order valence-electron chi connectivity index (χ0n) is 17.3. The van der Waals surface area contributed by atoms with Crippen LogP contribution in [0.2, 0.25) is 0 Å². The standard InChI is InChI=1S/C25H28N4O/c1-18(16-22(26)17-24(30)21-6-3-2-4-7-21)28-15-14-19-10-12-20(13-11-19)23-8-5-9-25(27)29-23/h2-13,18,26,28H,14-17H2,1H3,(H2,27,29). The Balaban J connectivity index is 1.41. The van der Waals surface area contributed by atoms with Gasteiger partial charge in [0.25, 0.3) is 0 Å². The van der Waals surface area contributed by atoms with Crippen molar-refractivity contribution in [2.75, 3.05) is 12.3 Å². The normalized spacial score (nSPS) is 11.8. The Morgan fingerprint density at radius 3 is 2.47 bits per heavy atom. The molecule has 0 saturated carbocycles. The van der Waals surface area contributed by atoms with Crippen LogP contribution in [0.15, 0.2) is 72.8 Å². The lowest BCUT2D eigenvalue weighted by Gasteiger charge is -2.14. The molecular formula is C25H28N4O. The van der Waals surface area contributed by atoms with Gasteiger partial charge in [0.15, 0.2) is 5.78 Å². The summed E-state index contributed by atoms with van der Waals surface area (Å²) in [4.78, 5) is 16.6. The maximum Gasteiger partial charge on any atom is 0.168 e. The first-order valence-electron chi connectivity index (χ1n) is 10.2. The largest absolute Gasteiger partial charge is 0.384 e. The van der Waals surface area contributed by atoms with E-state index in [1.165, 1.54) is 5.56 Å². The number of pyridine rings is 1. The molecule has 0 aliphatic carbocycles. The molecule has 3 aromatic rings. The Morgan fingerprint density at radius 2 is 1.77 bits per heavy atom. The smallest absolute Gasteiger partial charge is 0.168 e. The fourth-order valence-electron chi connectivity index (χ4n) is 3.35. The minimum Gasteiger partial charge on any atom is -0.384 e. The van der Waals surface area contributed by atoms with E-state index in [0.717, 1.165) is 24.2 Å². The lowest BCUT2D eigenvalue weighted by atomic mass is 10.0. The number of nitrogens with one attached hydrogen (secondary N) is 2. The van der Waals surface area contributed by atoms with Crippen LogP contribution in [0.4, 0.5) is 5.82 Å². The molecule has 154 valence electrons. The minimum absolute atomic E-state index is 0.00236. The average Bonchev–Trinajstić information content (AvgIpc) is 2.74. The molecule has 0 spiro atoms. The summed E-state index contributed by atoms with van der Waals surface area (Å²) in [6.45, 7) is 2.87. The number of benzene rings is 2. The van der Waals surface area contributed by atoms with Crippen molar-refractivity contribution in [3.8, 4) is 11.3 Å². The fraction of sp³-hybridized carbons (Fsp3) is 0.240. The number of carbonyl (C=O) groups excluding carboxylic acids is 1. The van der Waals surface area contributed by atoms with Gasteiger partial charge >= 0.3 is 0 Å². The third-order valence-corrected chi connectivity index (χ3v) is 4.95. The fourth-order valence-corrected chi connectivity index (χ4v) is 3.35. The number of ketones is 1. The van der Waals surface area contributed by atoms with E-state index in [4.69, 9.17) is 11.1 Å². The highest BCUT2D eigenvalue weighted by atomic mass is 16.1. The van der Waals surface area contributed by atoms with Gasteiger partial charge in [0.1, 0.15) is 5.82 Å². The Bertz CT molecular complexity index is 984. The molecule has 1 aromatic heterocycles. The van der Waals surface area contributed by atoms with Crippen LogP contribution in [0.1, 0.15) is 35.7 Å². The number of nitrogen functional groups attached to an aromatic ring is 1. The van der Waals surface area contributed by atoms with Gasteiger partial charge in [0.2, 0.25) is 0 Å². The molecule has 0 saturated heterocycles. The van der Waals surface area contributed by atoms with Gasteiger partial charge in [-0.2, -0.15) is 0 Å². The summed E-state index contributed by atoms with van der Waals surface area (Å²) in [6, 6.07) is 23.3. The third kappa shape index (κ3) is 6.36. The number of aromatic nitrogens is 1. The molecule has 4 N–H and O–H groups in total. The average molecular weight is 401 g/mol. The first-order valence-corrected chi connectivity index (χ1v) is 10.2. The van der Waals surface area contributed by atoms with Gasteiger partial charge in [-0.25, -0.2) is 4.98 Å². The molecule has 0 aliphatic rings. The molecule has 1 atom stereocenters. The first kappa shape index (κ1) is 21.4. The number of nitrogens with zero attached hydrogens (tertiary/aromatic N) is 1. The second kappa shape index (κ2) is 10.5. The molecule has 2 aromatic carbocycles. The van der Waals surface area contributed by atoms with Gasteiger partial charge in [-0.3, -0.25) is 4.79 Å². The lowest BCUT2D eigenvalue weighted by Crippen LogP contribution is -2.30. The van der Waals surface area contributed by atoms with E-state index in [1.807, 2.05) is 30.3 Å². The quantitative estimate of drug-likeness (QED) is 0.344. The number of anilines is 1. The first-order chi connectivity index (χ1) is 14.5. The van der Waals surface area contributed by atoms with E-state index >= 15 is 0 Å². The molecule has 5 heteroatoms. The van der Waals surface area contributed by atoms with Crippen molar-refractivity contribution < 1.29 is 4.79 Å². The van der Waals surface area contributed by atoms with Crippen LogP contribution in [0.3, 0.4) is 0 Å².